The van der Waals surface area contributed by atoms with Crippen molar-refractivity contribution in [3.8, 4) is 12.3 Å². The van der Waals surface area contributed by atoms with Crippen LogP contribution in [0.4, 0.5) is 0 Å². The first-order valence-electron chi connectivity index (χ1n) is 6.73. The maximum absolute atomic E-state index is 11.5. The summed E-state index contributed by atoms with van der Waals surface area (Å²) in [6.45, 7) is 3.22. The average molecular weight is 283 g/mol. The highest BCUT2D eigenvalue weighted by atomic mass is 16.2. The lowest BCUT2D eigenvalue weighted by molar-refractivity contribution is -0.121. The molecule has 0 rings (SSSR count). The molecule has 0 aromatic rings. The quantitative estimate of drug-likeness (QED) is 0.323. The molecular weight excluding hydrogens is 258 g/mol. The van der Waals surface area contributed by atoms with E-state index in [2.05, 4.69) is 16.6 Å². The van der Waals surface area contributed by atoms with Gasteiger partial charge in [-0.2, -0.15) is 0 Å². The molecule has 0 bridgehead atoms. The van der Waals surface area contributed by atoms with E-state index in [1.54, 1.807) is 0 Å². The summed E-state index contributed by atoms with van der Waals surface area (Å²) in [6, 6.07) is 0. The summed E-state index contributed by atoms with van der Waals surface area (Å²) in [6.07, 6.45) is 5.96. The Bertz CT molecular complexity index is 303. The van der Waals surface area contributed by atoms with E-state index in [1.807, 2.05) is 4.90 Å². The number of nitrogens with zero attached hydrogens (tertiary/aromatic N) is 1. The first-order chi connectivity index (χ1) is 9.63. The standard InChI is InChI=1S/C13H25N5O2/c1-2-9-18(10-3-12(19)16-7-5-14)11-4-13(20)17-8-6-15/h1H,3-11,14-15H2,(H,16,19)(H,17,20). The number of carbonyl (C=O) groups excluding carboxylic acids is 2. The van der Waals surface area contributed by atoms with Crippen molar-refractivity contribution in [1.82, 2.24) is 15.5 Å². The Balaban J connectivity index is 3.95. The molecule has 7 heteroatoms. The monoisotopic (exact) mass is 283 g/mol. The van der Waals surface area contributed by atoms with Gasteiger partial charge in [-0.3, -0.25) is 14.5 Å². The largest absolute Gasteiger partial charge is 0.355 e. The molecule has 0 aromatic heterocycles. The highest BCUT2D eigenvalue weighted by Gasteiger charge is 2.09. The van der Waals surface area contributed by atoms with Gasteiger partial charge in [0.15, 0.2) is 0 Å². The second-order valence-electron chi connectivity index (χ2n) is 4.26. The van der Waals surface area contributed by atoms with Gasteiger partial charge >= 0.3 is 0 Å². The fourth-order valence-corrected chi connectivity index (χ4v) is 1.52. The van der Waals surface area contributed by atoms with Gasteiger partial charge in [0.05, 0.1) is 6.54 Å². The molecule has 0 saturated carbocycles. The van der Waals surface area contributed by atoms with Crippen molar-refractivity contribution in [2.75, 3.05) is 45.8 Å². The summed E-state index contributed by atoms with van der Waals surface area (Å²) >= 11 is 0. The van der Waals surface area contributed by atoms with Crippen molar-refractivity contribution in [3.05, 3.63) is 0 Å². The lowest BCUT2D eigenvalue weighted by Gasteiger charge is -2.19. The van der Waals surface area contributed by atoms with Crippen molar-refractivity contribution in [2.24, 2.45) is 11.5 Å². The molecule has 2 amide bonds. The van der Waals surface area contributed by atoms with Crippen LogP contribution in [0.3, 0.4) is 0 Å². The normalized spacial score (nSPS) is 10.1. The van der Waals surface area contributed by atoms with E-state index in [-0.39, 0.29) is 11.8 Å². The predicted octanol–water partition coefficient (Wildman–Crippen LogP) is -2.15. The first kappa shape index (κ1) is 18.4. The molecule has 0 saturated heterocycles. The number of hydrogen-bond donors (Lipinski definition) is 4. The van der Waals surface area contributed by atoms with Crippen molar-refractivity contribution < 1.29 is 9.59 Å². The summed E-state index contributed by atoms with van der Waals surface area (Å²) in [4.78, 5) is 24.8. The molecule has 0 atom stereocenters. The van der Waals surface area contributed by atoms with Crippen LogP contribution in [0.15, 0.2) is 0 Å². The van der Waals surface area contributed by atoms with Crippen molar-refractivity contribution >= 4 is 11.8 Å². The summed E-state index contributed by atoms with van der Waals surface area (Å²) in [5, 5.41) is 5.37. The minimum atomic E-state index is -0.0648. The van der Waals surface area contributed by atoms with Crippen LogP contribution in [0, 0.1) is 12.3 Å². The van der Waals surface area contributed by atoms with Crippen LogP contribution in [0.1, 0.15) is 12.8 Å². The van der Waals surface area contributed by atoms with Gasteiger partial charge in [0.1, 0.15) is 0 Å². The second-order valence-corrected chi connectivity index (χ2v) is 4.26. The number of carbonyl (C=O) groups is 2. The molecule has 7 nitrogen and oxygen atoms in total. The fraction of sp³-hybridized carbons (Fsp3) is 0.692. The molecule has 0 fully saturated rings. The maximum atomic E-state index is 11.5. The third-order valence-electron chi connectivity index (χ3n) is 2.56. The van der Waals surface area contributed by atoms with E-state index >= 15 is 0 Å². The van der Waals surface area contributed by atoms with Crippen molar-refractivity contribution in [3.63, 3.8) is 0 Å². The molecule has 0 aliphatic heterocycles. The Labute approximate surface area is 120 Å². The Kier molecular flexibility index (Phi) is 11.4. The number of amides is 2. The van der Waals surface area contributed by atoms with Gasteiger partial charge < -0.3 is 22.1 Å². The minimum absolute atomic E-state index is 0.0648. The number of terminal acetylenes is 1. The van der Waals surface area contributed by atoms with Crippen LogP contribution in [-0.4, -0.2) is 62.5 Å². The lowest BCUT2D eigenvalue weighted by Crippen LogP contribution is -2.36. The molecule has 0 heterocycles. The smallest absolute Gasteiger partial charge is 0.221 e. The van der Waals surface area contributed by atoms with E-state index < -0.39 is 0 Å². The van der Waals surface area contributed by atoms with Crippen molar-refractivity contribution in [2.45, 2.75) is 12.8 Å². The fourth-order valence-electron chi connectivity index (χ4n) is 1.52. The molecule has 114 valence electrons. The molecule has 0 aromatic carbocycles. The molecule has 0 aliphatic carbocycles. The van der Waals surface area contributed by atoms with Crippen molar-refractivity contribution in [1.29, 1.82) is 0 Å². The van der Waals surface area contributed by atoms with Gasteiger partial charge in [0, 0.05) is 52.1 Å². The van der Waals surface area contributed by atoms with Crippen LogP contribution in [0.25, 0.3) is 0 Å². The highest BCUT2D eigenvalue weighted by Crippen LogP contribution is 1.94. The van der Waals surface area contributed by atoms with Gasteiger partial charge in [-0.15, -0.1) is 6.42 Å². The highest BCUT2D eigenvalue weighted by molar-refractivity contribution is 5.76. The summed E-state index contributed by atoms with van der Waals surface area (Å²) in [5.74, 6) is 2.39. The minimum Gasteiger partial charge on any atom is -0.355 e. The summed E-state index contributed by atoms with van der Waals surface area (Å²) in [5.41, 5.74) is 10.6. The molecule has 6 N–H and O–H groups in total. The maximum Gasteiger partial charge on any atom is 0.221 e. The third kappa shape index (κ3) is 10.3. The van der Waals surface area contributed by atoms with E-state index in [4.69, 9.17) is 17.9 Å². The lowest BCUT2D eigenvalue weighted by atomic mass is 10.3. The Morgan fingerprint density at radius 1 is 1.00 bits per heavy atom. The molecular formula is C13H25N5O2. The predicted molar refractivity (Wildman–Crippen MR) is 78.6 cm³/mol. The Morgan fingerprint density at radius 3 is 1.80 bits per heavy atom. The zero-order valence-corrected chi connectivity index (χ0v) is 11.9. The SMILES string of the molecule is C#CCN(CCC(=O)NCCN)CCC(=O)NCCN. The van der Waals surface area contributed by atoms with Crippen LogP contribution >= 0.6 is 0 Å². The van der Waals surface area contributed by atoms with Gasteiger partial charge in [-0.1, -0.05) is 5.92 Å². The van der Waals surface area contributed by atoms with Crippen LogP contribution in [-0.2, 0) is 9.59 Å². The zero-order valence-electron chi connectivity index (χ0n) is 11.9. The van der Waals surface area contributed by atoms with E-state index in [0.717, 1.165) is 0 Å². The van der Waals surface area contributed by atoms with Crippen LogP contribution in [0.2, 0.25) is 0 Å². The molecule has 0 unspecified atom stereocenters. The second kappa shape index (κ2) is 12.4. The van der Waals surface area contributed by atoms with E-state index in [9.17, 15) is 9.59 Å². The topological polar surface area (TPSA) is 113 Å². The van der Waals surface area contributed by atoms with E-state index in [0.29, 0.717) is 58.7 Å². The summed E-state index contributed by atoms with van der Waals surface area (Å²) < 4.78 is 0. The number of nitrogens with one attached hydrogen (secondary N) is 2. The average Bonchev–Trinajstić information content (AvgIpc) is 2.45. The van der Waals surface area contributed by atoms with Crippen LogP contribution < -0.4 is 22.1 Å². The number of rotatable bonds is 11. The van der Waals surface area contributed by atoms with Crippen LogP contribution in [0.5, 0.6) is 0 Å². The zero-order chi connectivity index (χ0) is 15.2. The molecule has 0 spiro atoms. The Hall–Kier alpha value is -1.62. The van der Waals surface area contributed by atoms with Gasteiger partial charge in [-0.25, -0.2) is 0 Å². The molecule has 0 aliphatic rings. The van der Waals surface area contributed by atoms with E-state index in [1.165, 1.54) is 0 Å². The molecule has 0 radical (unpaired) electrons. The van der Waals surface area contributed by atoms with Gasteiger partial charge in [0.25, 0.3) is 0 Å². The Morgan fingerprint density at radius 2 is 1.45 bits per heavy atom. The summed E-state index contributed by atoms with van der Waals surface area (Å²) in [7, 11) is 0. The molecule has 20 heavy (non-hydrogen) atoms. The number of nitrogens with two attached hydrogens (primary N) is 2. The van der Waals surface area contributed by atoms with Gasteiger partial charge in [-0.05, 0) is 0 Å². The first-order valence-corrected chi connectivity index (χ1v) is 6.73. The van der Waals surface area contributed by atoms with Gasteiger partial charge in [0.2, 0.25) is 11.8 Å². The third-order valence-corrected chi connectivity index (χ3v) is 2.56. The number of hydrogen-bond acceptors (Lipinski definition) is 5.